The van der Waals surface area contributed by atoms with E-state index in [0.717, 1.165) is 26.9 Å². The molecule has 0 saturated carbocycles. The fourth-order valence-corrected chi connectivity index (χ4v) is 14.5. The Morgan fingerprint density at radius 3 is 1.62 bits per heavy atom. The van der Waals surface area contributed by atoms with Gasteiger partial charge in [0.05, 0.1) is 0 Å². The fraction of sp³-hybridized carbons (Fsp3) is 0.237. The summed E-state index contributed by atoms with van der Waals surface area (Å²) in [6, 6.07) is 34.2. The van der Waals surface area contributed by atoms with Crippen molar-refractivity contribution < 1.29 is 31.1 Å². The minimum atomic E-state index is -5.08. The molecule has 0 fully saturated rings. The first-order chi connectivity index (χ1) is 22.4. The molecule has 0 unspecified atom stereocenters. The van der Waals surface area contributed by atoms with Crippen LogP contribution >= 0.6 is 20.8 Å². The Kier molecular flexibility index (Phi) is 9.63. The molecule has 1 atom stereocenters. The van der Waals surface area contributed by atoms with Crippen LogP contribution in [0.1, 0.15) is 47.8 Å². The molecule has 0 aliphatic carbocycles. The van der Waals surface area contributed by atoms with Crippen molar-refractivity contribution in [2.24, 2.45) is 5.41 Å². The molecule has 0 saturated heterocycles. The SMILES string of the molecule is CC(C)(C)[C@@H](CP(Br)(Cc1ccc2ccccc2c1)(c1ccccc1)c1ccccc1)NC(=O)c1cc(C(F)(F)F)cc(C(F)(F)F)c1. The molecule has 1 amide bonds. The van der Waals surface area contributed by atoms with E-state index >= 15 is 0 Å². The van der Waals surface area contributed by atoms with Gasteiger partial charge in [0.15, 0.2) is 0 Å². The van der Waals surface area contributed by atoms with E-state index in [2.05, 4.69) is 39.0 Å². The van der Waals surface area contributed by atoms with Crippen molar-refractivity contribution >= 4 is 48.1 Å². The van der Waals surface area contributed by atoms with Gasteiger partial charge >= 0.3 is 285 Å². The van der Waals surface area contributed by atoms with Crippen LogP contribution < -0.4 is 15.9 Å². The van der Waals surface area contributed by atoms with Gasteiger partial charge in [-0.05, 0) is 0 Å². The average molecular weight is 747 g/mol. The summed E-state index contributed by atoms with van der Waals surface area (Å²) >= 11 is 4.41. The van der Waals surface area contributed by atoms with Crippen LogP contribution in [0.3, 0.4) is 0 Å². The Labute approximate surface area is 284 Å². The maximum atomic E-state index is 13.8. The van der Waals surface area contributed by atoms with Crippen LogP contribution in [0.4, 0.5) is 26.3 Å². The van der Waals surface area contributed by atoms with Crippen molar-refractivity contribution in [1.82, 2.24) is 5.32 Å². The fourth-order valence-electron chi connectivity index (χ4n) is 6.11. The number of amides is 1. The Hall–Kier alpha value is -3.68. The number of nitrogens with one attached hydrogen (secondary N) is 1. The van der Waals surface area contributed by atoms with Gasteiger partial charge in [0.2, 0.25) is 0 Å². The Morgan fingerprint density at radius 2 is 1.15 bits per heavy atom. The number of alkyl halides is 6. The molecule has 252 valence electrons. The second-order valence-electron chi connectivity index (χ2n) is 13.3. The quantitative estimate of drug-likeness (QED) is 0.124. The van der Waals surface area contributed by atoms with E-state index in [1.807, 2.05) is 106 Å². The van der Waals surface area contributed by atoms with Crippen molar-refractivity contribution in [2.45, 2.75) is 45.3 Å². The first-order valence-electron chi connectivity index (χ1n) is 15.3. The molecule has 0 aromatic heterocycles. The molecule has 2 nitrogen and oxygen atoms in total. The molecule has 5 aromatic rings. The van der Waals surface area contributed by atoms with Gasteiger partial charge in [-0.2, -0.15) is 0 Å². The number of carbonyl (C=O) groups excluding carboxylic acids is 1. The van der Waals surface area contributed by atoms with Gasteiger partial charge in [0.25, 0.3) is 0 Å². The predicted octanol–water partition coefficient (Wildman–Crippen LogP) is 10.7. The van der Waals surface area contributed by atoms with E-state index in [0.29, 0.717) is 24.5 Å². The van der Waals surface area contributed by atoms with Crippen LogP contribution in [0.5, 0.6) is 0 Å². The van der Waals surface area contributed by atoms with Crippen LogP contribution in [0.15, 0.2) is 121 Å². The molecular formula is C38H35BrF6NOP. The van der Waals surface area contributed by atoms with Gasteiger partial charge in [-0.1, -0.05) is 0 Å². The number of benzene rings is 5. The number of carbonyl (C=O) groups is 1. The molecule has 0 bridgehead atoms. The summed E-state index contributed by atoms with van der Waals surface area (Å²) in [6.45, 7) is 5.68. The van der Waals surface area contributed by atoms with E-state index in [9.17, 15) is 31.1 Å². The van der Waals surface area contributed by atoms with Crippen LogP contribution in [-0.4, -0.2) is 18.1 Å². The third-order valence-electron chi connectivity index (χ3n) is 8.79. The van der Waals surface area contributed by atoms with Crippen molar-refractivity contribution in [3.63, 3.8) is 0 Å². The second-order valence-corrected chi connectivity index (χ2v) is 22.9. The van der Waals surface area contributed by atoms with Crippen LogP contribution in [0.2, 0.25) is 0 Å². The summed E-state index contributed by atoms with van der Waals surface area (Å²) in [7, 11) is 0. The molecule has 0 aliphatic heterocycles. The Balaban J connectivity index is 1.68. The first kappa shape index (κ1) is 35.6. The molecule has 0 heterocycles. The Morgan fingerprint density at radius 1 is 0.667 bits per heavy atom. The van der Waals surface area contributed by atoms with Crippen LogP contribution in [0.25, 0.3) is 10.8 Å². The minimum absolute atomic E-state index is 0.0252. The third kappa shape index (κ3) is 7.47. The summed E-state index contributed by atoms with van der Waals surface area (Å²) in [5, 5.41) is 3.42. The predicted molar refractivity (Wildman–Crippen MR) is 188 cm³/mol. The van der Waals surface area contributed by atoms with Crippen molar-refractivity contribution in [3.8, 4) is 0 Å². The van der Waals surface area contributed by atoms with Crippen LogP contribution in [0, 0.1) is 5.41 Å². The maximum absolute atomic E-state index is 13.8. The Bertz CT molecular complexity index is 1850. The number of hydrogen-bond donors (Lipinski definition) is 1. The van der Waals surface area contributed by atoms with E-state index in [4.69, 9.17) is 0 Å². The van der Waals surface area contributed by atoms with Gasteiger partial charge in [-0.3, -0.25) is 0 Å². The molecule has 5 aromatic carbocycles. The van der Waals surface area contributed by atoms with Gasteiger partial charge in [0, 0.05) is 0 Å². The van der Waals surface area contributed by atoms with E-state index in [1.54, 1.807) is 0 Å². The zero-order valence-corrected chi connectivity index (χ0v) is 29.0. The van der Waals surface area contributed by atoms with Gasteiger partial charge in [0.1, 0.15) is 0 Å². The molecular weight excluding hydrogens is 711 g/mol. The first-order valence-corrected chi connectivity index (χ1v) is 19.9. The normalized spacial score (nSPS) is 14.2. The van der Waals surface area contributed by atoms with E-state index in [-0.39, 0.29) is 6.07 Å². The van der Waals surface area contributed by atoms with Crippen molar-refractivity contribution in [3.05, 3.63) is 144 Å². The number of halogens is 7. The average Bonchev–Trinajstić information content (AvgIpc) is 3.04. The molecule has 0 aliphatic rings. The number of rotatable bonds is 8. The van der Waals surface area contributed by atoms with Crippen molar-refractivity contribution in [2.75, 3.05) is 6.16 Å². The summed E-state index contributed by atoms with van der Waals surface area (Å²) in [5.74, 6) is -1.02. The topological polar surface area (TPSA) is 29.1 Å². The number of hydrogen-bond acceptors (Lipinski definition) is 1. The van der Waals surface area contributed by atoms with Crippen LogP contribution in [-0.2, 0) is 18.5 Å². The molecule has 5 rings (SSSR count). The molecule has 0 spiro atoms. The van der Waals surface area contributed by atoms with Gasteiger partial charge in [-0.15, -0.1) is 0 Å². The standard InChI is InChI=1S/C38H35BrF6NOP/c1-36(2,3)34(46-35(47)29-21-30(37(40,41)42)23-31(22-29)38(43,44)45)25-48(39,32-14-6-4-7-15-32,33-16-8-5-9-17-33)24-26-18-19-27-12-10-11-13-28(27)20-26/h4-23,34H,24-25H2,1-3H3,(H,46,47)/t34-/m1/s1. The van der Waals surface area contributed by atoms with E-state index < -0.39 is 51.7 Å². The molecule has 0 radical (unpaired) electrons. The summed E-state index contributed by atoms with van der Waals surface area (Å²) in [6.07, 6.45) is -9.33. The molecule has 1 N–H and O–H groups in total. The van der Waals surface area contributed by atoms with Crippen molar-refractivity contribution in [1.29, 1.82) is 0 Å². The zero-order chi connectivity index (χ0) is 35.0. The van der Waals surface area contributed by atoms with Gasteiger partial charge in [-0.25, -0.2) is 0 Å². The summed E-state index contributed by atoms with van der Waals surface area (Å²) in [4.78, 5) is 13.8. The summed E-state index contributed by atoms with van der Waals surface area (Å²) < 4.78 is 82.2. The molecule has 48 heavy (non-hydrogen) atoms. The zero-order valence-electron chi connectivity index (χ0n) is 26.5. The monoisotopic (exact) mass is 745 g/mol. The van der Waals surface area contributed by atoms with Gasteiger partial charge < -0.3 is 0 Å². The third-order valence-corrected chi connectivity index (χ3v) is 18.0. The molecule has 10 heteroatoms. The van der Waals surface area contributed by atoms with E-state index in [1.165, 1.54) is 0 Å². The second kappa shape index (κ2) is 13.0. The summed E-state index contributed by atoms with van der Waals surface area (Å²) in [5.41, 5.74) is -3.44. The number of fused-ring (bicyclic) bond motifs is 1.